The Labute approximate surface area is 149 Å². The predicted octanol–water partition coefficient (Wildman–Crippen LogP) is 2.85. The van der Waals surface area contributed by atoms with Crippen molar-refractivity contribution < 1.29 is 14.0 Å². The van der Waals surface area contributed by atoms with Gasteiger partial charge in [-0.05, 0) is 25.1 Å². The van der Waals surface area contributed by atoms with Crippen LogP contribution in [0, 0.1) is 5.82 Å². The smallest absolute Gasteiger partial charge is 0.267 e. The first-order valence-corrected chi connectivity index (χ1v) is 8.31. The van der Waals surface area contributed by atoms with Gasteiger partial charge in [0.1, 0.15) is 5.82 Å². The highest BCUT2D eigenvalue weighted by Gasteiger charge is 2.33. The first kappa shape index (κ1) is 17.4. The van der Waals surface area contributed by atoms with Crippen LogP contribution in [0.4, 0.5) is 4.39 Å². The second-order valence-electron chi connectivity index (χ2n) is 5.77. The third kappa shape index (κ3) is 3.51. The van der Waals surface area contributed by atoms with Crippen LogP contribution in [-0.4, -0.2) is 39.5 Å². The van der Waals surface area contributed by atoms with Crippen molar-refractivity contribution in [1.82, 2.24) is 14.7 Å². The summed E-state index contributed by atoms with van der Waals surface area (Å²) in [5, 5.41) is 8.30. The number of aryl methyl sites for hydroxylation is 1. The van der Waals surface area contributed by atoms with Gasteiger partial charge in [0, 0.05) is 26.2 Å². The molecule has 2 aromatic rings. The number of halogens is 2. The molecule has 8 heteroatoms. The van der Waals surface area contributed by atoms with Gasteiger partial charge in [-0.15, -0.1) is 0 Å². The van der Waals surface area contributed by atoms with E-state index in [0.29, 0.717) is 12.3 Å². The maximum atomic E-state index is 14.0. The summed E-state index contributed by atoms with van der Waals surface area (Å²) in [6, 6.07) is 6.27. The van der Waals surface area contributed by atoms with Crippen LogP contribution in [0.3, 0.4) is 0 Å². The molecular formula is C17H18ClFN4O2. The number of likely N-dealkylation sites (N-methyl/N-ethyl adjacent to an activating group) is 1. The number of carbonyl (C=O) groups excluding carboxylic acids is 1. The number of nitrogens with zero attached hydrogens (tertiary/aromatic N) is 4. The Balaban J connectivity index is 1.67. The first-order chi connectivity index (χ1) is 12.0. The molecule has 0 N–H and O–H groups in total. The van der Waals surface area contributed by atoms with E-state index < -0.39 is 11.9 Å². The fraction of sp³-hybridized carbons (Fsp3) is 0.353. The topological polar surface area (TPSA) is 59.7 Å². The van der Waals surface area contributed by atoms with Crippen LogP contribution in [0.1, 0.15) is 24.6 Å². The van der Waals surface area contributed by atoms with Gasteiger partial charge in [0.25, 0.3) is 5.91 Å². The van der Waals surface area contributed by atoms with Gasteiger partial charge >= 0.3 is 0 Å². The molecule has 3 rings (SSSR count). The molecule has 25 heavy (non-hydrogen) atoms. The molecule has 0 spiro atoms. The third-order valence-corrected chi connectivity index (χ3v) is 4.39. The number of amides is 1. The fourth-order valence-electron chi connectivity index (χ4n) is 2.78. The summed E-state index contributed by atoms with van der Waals surface area (Å²) in [5.74, 6) is -0.710. The average Bonchev–Trinajstić information content (AvgIpc) is 3.23. The summed E-state index contributed by atoms with van der Waals surface area (Å²) in [6.07, 6.45) is 1.09. The Morgan fingerprint density at radius 2 is 2.28 bits per heavy atom. The number of rotatable bonds is 5. The van der Waals surface area contributed by atoms with Gasteiger partial charge in [0.05, 0.1) is 28.5 Å². The molecule has 1 atom stereocenters. The zero-order valence-electron chi connectivity index (χ0n) is 13.9. The molecule has 1 amide bonds. The largest absolute Gasteiger partial charge is 0.382 e. The summed E-state index contributed by atoms with van der Waals surface area (Å²) in [4.78, 5) is 19.4. The summed E-state index contributed by atoms with van der Waals surface area (Å²) >= 11 is 6.05. The van der Waals surface area contributed by atoms with Crippen LogP contribution in [0.15, 0.2) is 35.6 Å². The molecule has 0 saturated carbocycles. The van der Waals surface area contributed by atoms with Crippen molar-refractivity contribution in [2.75, 3.05) is 7.05 Å². The predicted molar refractivity (Wildman–Crippen MR) is 91.8 cm³/mol. The SMILES string of the molecule is CCn1nccc1CN(C)C(=O)C1CC(c2c(F)cccc2Cl)=NO1. The maximum absolute atomic E-state index is 14.0. The average molecular weight is 365 g/mol. The van der Waals surface area contributed by atoms with Gasteiger partial charge < -0.3 is 9.74 Å². The van der Waals surface area contributed by atoms with Crippen LogP contribution in [0.25, 0.3) is 0 Å². The minimum Gasteiger partial charge on any atom is -0.382 e. The monoisotopic (exact) mass is 364 g/mol. The molecule has 1 aromatic heterocycles. The van der Waals surface area contributed by atoms with Gasteiger partial charge in [0.15, 0.2) is 0 Å². The van der Waals surface area contributed by atoms with E-state index >= 15 is 0 Å². The lowest BCUT2D eigenvalue weighted by Crippen LogP contribution is -2.36. The van der Waals surface area contributed by atoms with Crippen molar-refractivity contribution in [2.24, 2.45) is 5.16 Å². The minimum atomic E-state index is -0.784. The molecule has 0 radical (unpaired) electrons. The molecule has 0 bridgehead atoms. The van der Waals surface area contributed by atoms with Gasteiger partial charge in [-0.2, -0.15) is 5.10 Å². The normalized spacial score (nSPS) is 16.5. The molecular weight excluding hydrogens is 347 g/mol. The Bertz CT molecular complexity index is 800. The molecule has 0 saturated heterocycles. The molecule has 1 unspecified atom stereocenters. The highest BCUT2D eigenvalue weighted by Crippen LogP contribution is 2.26. The molecule has 0 fully saturated rings. The van der Waals surface area contributed by atoms with E-state index in [1.807, 2.05) is 17.7 Å². The van der Waals surface area contributed by atoms with Crippen molar-refractivity contribution in [3.8, 4) is 0 Å². The molecule has 1 aromatic carbocycles. The van der Waals surface area contributed by atoms with E-state index in [2.05, 4.69) is 10.3 Å². The second kappa shape index (κ2) is 7.23. The zero-order chi connectivity index (χ0) is 18.0. The van der Waals surface area contributed by atoms with Crippen molar-refractivity contribution in [3.63, 3.8) is 0 Å². The Morgan fingerprint density at radius 1 is 1.48 bits per heavy atom. The number of benzene rings is 1. The zero-order valence-corrected chi connectivity index (χ0v) is 14.7. The third-order valence-electron chi connectivity index (χ3n) is 4.08. The lowest BCUT2D eigenvalue weighted by molar-refractivity contribution is -0.141. The van der Waals surface area contributed by atoms with E-state index in [9.17, 15) is 9.18 Å². The van der Waals surface area contributed by atoms with Gasteiger partial charge in [-0.3, -0.25) is 9.48 Å². The Hall–Kier alpha value is -2.41. The van der Waals surface area contributed by atoms with Crippen LogP contribution < -0.4 is 0 Å². The van der Waals surface area contributed by atoms with Crippen molar-refractivity contribution in [2.45, 2.75) is 32.5 Å². The summed E-state index contributed by atoms with van der Waals surface area (Å²) in [6.45, 7) is 3.11. The fourth-order valence-corrected chi connectivity index (χ4v) is 3.05. The lowest BCUT2D eigenvalue weighted by atomic mass is 10.0. The van der Waals surface area contributed by atoms with E-state index in [0.717, 1.165) is 12.2 Å². The molecule has 1 aliphatic heterocycles. The number of aromatic nitrogens is 2. The van der Waals surface area contributed by atoms with Crippen LogP contribution in [-0.2, 0) is 22.7 Å². The summed E-state index contributed by atoms with van der Waals surface area (Å²) < 4.78 is 15.8. The first-order valence-electron chi connectivity index (χ1n) is 7.94. The van der Waals surface area contributed by atoms with Crippen molar-refractivity contribution in [3.05, 3.63) is 52.6 Å². The lowest BCUT2D eigenvalue weighted by Gasteiger charge is -2.20. The summed E-state index contributed by atoms with van der Waals surface area (Å²) in [7, 11) is 1.69. The Morgan fingerprint density at radius 3 is 3.00 bits per heavy atom. The van der Waals surface area contributed by atoms with E-state index in [1.54, 1.807) is 24.2 Å². The number of hydrogen-bond donors (Lipinski definition) is 0. The highest BCUT2D eigenvalue weighted by atomic mass is 35.5. The highest BCUT2D eigenvalue weighted by molar-refractivity contribution is 6.34. The molecule has 0 aliphatic carbocycles. The van der Waals surface area contributed by atoms with E-state index in [4.69, 9.17) is 16.4 Å². The number of hydrogen-bond acceptors (Lipinski definition) is 4. The number of carbonyl (C=O) groups is 1. The molecule has 6 nitrogen and oxygen atoms in total. The van der Waals surface area contributed by atoms with Gasteiger partial charge in [0.2, 0.25) is 6.10 Å². The molecule has 2 heterocycles. The van der Waals surface area contributed by atoms with Gasteiger partial charge in [-0.1, -0.05) is 22.8 Å². The maximum Gasteiger partial charge on any atom is 0.267 e. The minimum absolute atomic E-state index is 0.177. The molecule has 1 aliphatic rings. The van der Waals surface area contributed by atoms with Crippen LogP contribution in [0.5, 0.6) is 0 Å². The van der Waals surface area contributed by atoms with Crippen LogP contribution in [0.2, 0.25) is 5.02 Å². The van der Waals surface area contributed by atoms with Gasteiger partial charge in [-0.25, -0.2) is 4.39 Å². The Kier molecular flexibility index (Phi) is 5.03. The second-order valence-corrected chi connectivity index (χ2v) is 6.17. The van der Waals surface area contributed by atoms with Crippen LogP contribution >= 0.6 is 11.6 Å². The van der Waals surface area contributed by atoms with E-state index in [1.165, 1.54) is 12.1 Å². The van der Waals surface area contributed by atoms with Crippen molar-refractivity contribution >= 4 is 23.2 Å². The quantitative estimate of drug-likeness (QED) is 0.819. The molecule has 132 valence electrons. The summed E-state index contributed by atoms with van der Waals surface area (Å²) in [5.41, 5.74) is 1.45. The van der Waals surface area contributed by atoms with E-state index in [-0.39, 0.29) is 22.9 Å². The van der Waals surface area contributed by atoms with Crippen molar-refractivity contribution in [1.29, 1.82) is 0 Å². The standard InChI is InChI=1S/C17H18ClFN4O2/c1-3-23-11(7-8-20-23)10-22(2)17(24)15-9-14(21-25-15)16-12(18)5-4-6-13(16)19/h4-8,15H,3,9-10H2,1-2H3. The number of oxime groups is 1.